The van der Waals surface area contributed by atoms with Crippen LogP contribution >= 0.6 is 0 Å². The van der Waals surface area contributed by atoms with Gasteiger partial charge in [0.25, 0.3) is 0 Å². The average molecular weight is 290 g/mol. The Morgan fingerprint density at radius 2 is 2.14 bits per heavy atom. The van der Waals surface area contributed by atoms with E-state index in [9.17, 15) is 14.7 Å². The van der Waals surface area contributed by atoms with E-state index >= 15 is 0 Å². The number of anilines is 1. The molecule has 2 rings (SSSR count). The number of carboxylic acid groups (broad SMARTS) is 1. The highest BCUT2D eigenvalue weighted by molar-refractivity contribution is 5.92. The highest BCUT2D eigenvalue weighted by Gasteiger charge is 2.26. The van der Waals surface area contributed by atoms with Gasteiger partial charge in [0.1, 0.15) is 5.75 Å². The van der Waals surface area contributed by atoms with Crippen LogP contribution in [0.4, 0.5) is 10.5 Å². The Hall–Kier alpha value is -2.50. The number of carbonyl (C=O) groups is 2. The average Bonchev–Trinajstić information content (AvgIpc) is 2.88. The molecule has 0 aromatic heterocycles. The van der Waals surface area contributed by atoms with Gasteiger partial charge in [0, 0.05) is 18.3 Å². The number of nitrogens with zero attached hydrogens (tertiary/aromatic N) is 1. The van der Waals surface area contributed by atoms with Crippen molar-refractivity contribution >= 4 is 17.7 Å². The fraction of sp³-hybridized carbons (Fsp3) is 0.333. The summed E-state index contributed by atoms with van der Waals surface area (Å²) in [5.41, 5.74) is 0.590. The van der Waals surface area contributed by atoms with E-state index in [0.29, 0.717) is 18.7 Å². The first kappa shape index (κ1) is 14.9. The normalized spacial score (nSPS) is 20.2. The Morgan fingerprint density at radius 3 is 2.71 bits per heavy atom. The maximum atomic E-state index is 12.3. The van der Waals surface area contributed by atoms with Crippen LogP contribution in [-0.4, -0.2) is 34.8 Å². The second-order valence-corrected chi connectivity index (χ2v) is 4.89. The molecule has 0 heterocycles. The molecule has 1 aromatic rings. The molecular weight excluding hydrogens is 272 g/mol. The van der Waals surface area contributed by atoms with Gasteiger partial charge in [-0.2, -0.15) is 0 Å². The van der Waals surface area contributed by atoms with E-state index in [1.165, 1.54) is 17.0 Å². The summed E-state index contributed by atoms with van der Waals surface area (Å²) in [6.45, 7) is 2.27. The van der Waals surface area contributed by atoms with Gasteiger partial charge < -0.3 is 15.5 Å². The first-order valence-corrected chi connectivity index (χ1v) is 6.79. The molecule has 0 radical (unpaired) electrons. The minimum Gasteiger partial charge on any atom is -0.508 e. The van der Waals surface area contributed by atoms with Gasteiger partial charge in [-0.05, 0) is 25.5 Å². The Bertz CT molecular complexity index is 571. The van der Waals surface area contributed by atoms with Crippen molar-refractivity contribution in [2.45, 2.75) is 19.4 Å². The van der Waals surface area contributed by atoms with E-state index in [0.717, 1.165) is 0 Å². The van der Waals surface area contributed by atoms with Crippen molar-refractivity contribution < 1.29 is 19.8 Å². The molecule has 0 fully saturated rings. The number of carboxylic acids is 1. The third kappa shape index (κ3) is 3.53. The van der Waals surface area contributed by atoms with Gasteiger partial charge in [0.2, 0.25) is 0 Å². The molecule has 0 saturated carbocycles. The summed E-state index contributed by atoms with van der Waals surface area (Å²) in [6, 6.07) is 5.83. The Morgan fingerprint density at radius 1 is 1.38 bits per heavy atom. The molecule has 6 nitrogen and oxygen atoms in total. The molecule has 1 aliphatic rings. The van der Waals surface area contributed by atoms with Gasteiger partial charge in [0.15, 0.2) is 0 Å². The zero-order chi connectivity index (χ0) is 15.4. The minimum absolute atomic E-state index is 0.0884. The van der Waals surface area contributed by atoms with E-state index in [2.05, 4.69) is 5.32 Å². The zero-order valence-corrected chi connectivity index (χ0v) is 11.7. The molecular formula is C15H18N2O4. The Labute approximate surface area is 122 Å². The number of hydrogen-bond donors (Lipinski definition) is 3. The standard InChI is InChI=1S/C15H18N2O4/c1-2-17(12-4-3-5-13(18)9-12)15(21)16-11-7-6-10(8-11)14(19)20/h3-7,9-11,18H,2,8H2,1H3,(H,16,21)(H,19,20). The van der Waals surface area contributed by atoms with Crippen LogP contribution in [-0.2, 0) is 4.79 Å². The molecule has 1 aliphatic carbocycles. The minimum atomic E-state index is -0.886. The lowest BCUT2D eigenvalue weighted by atomic mass is 10.1. The van der Waals surface area contributed by atoms with Gasteiger partial charge in [0.05, 0.1) is 12.0 Å². The maximum Gasteiger partial charge on any atom is 0.322 e. The van der Waals surface area contributed by atoms with Gasteiger partial charge in [-0.3, -0.25) is 9.69 Å². The van der Waals surface area contributed by atoms with E-state index in [1.807, 2.05) is 6.92 Å². The lowest BCUT2D eigenvalue weighted by Crippen LogP contribution is -2.44. The monoisotopic (exact) mass is 290 g/mol. The fourth-order valence-electron chi connectivity index (χ4n) is 2.33. The third-order valence-corrected chi connectivity index (χ3v) is 3.41. The molecule has 6 heteroatoms. The summed E-state index contributed by atoms with van der Waals surface area (Å²) >= 11 is 0. The second kappa shape index (κ2) is 6.30. The lowest BCUT2D eigenvalue weighted by Gasteiger charge is -2.23. The first-order valence-electron chi connectivity index (χ1n) is 6.79. The molecule has 1 aromatic carbocycles. The van der Waals surface area contributed by atoms with Gasteiger partial charge in [-0.15, -0.1) is 0 Å². The number of aliphatic carboxylic acids is 1. The highest BCUT2D eigenvalue weighted by atomic mass is 16.4. The molecule has 0 saturated heterocycles. The summed E-state index contributed by atoms with van der Waals surface area (Å²) in [5.74, 6) is -1.35. The quantitative estimate of drug-likeness (QED) is 0.739. The van der Waals surface area contributed by atoms with Crippen molar-refractivity contribution in [3.63, 3.8) is 0 Å². The summed E-state index contributed by atoms with van der Waals surface area (Å²) in [7, 11) is 0. The number of phenols is 1. The summed E-state index contributed by atoms with van der Waals surface area (Å²) < 4.78 is 0. The smallest absolute Gasteiger partial charge is 0.322 e. The SMILES string of the molecule is CCN(C(=O)NC1C=CC(C(=O)O)C1)c1cccc(O)c1. The number of amides is 2. The highest BCUT2D eigenvalue weighted by Crippen LogP contribution is 2.22. The number of nitrogens with one attached hydrogen (secondary N) is 1. The van der Waals surface area contributed by atoms with Crippen molar-refractivity contribution in [3.05, 3.63) is 36.4 Å². The molecule has 21 heavy (non-hydrogen) atoms. The van der Waals surface area contributed by atoms with Crippen LogP contribution in [0.1, 0.15) is 13.3 Å². The van der Waals surface area contributed by atoms with Crippen LogP contribution < -0.4 is 10.2 Å². The van der Waals surface area contributed by atoms with E-state index in [-0.39, 0.29) is 17.8 Å². The topological polar surface area (TPSA) is 89.9 Å². The van der Waals surface area contributed by atoms with Crippen LogP contribution in [0.25, 0.3) is 0 Å². The van der Waals surface area contributed by atoms with Crippen LogP contribution in [0.2, 0.25) is 0 Å². The number of phenolic OH excluding ortho intramolecular Hbond substituents is 1. The van der Waals surface area contributed by atoms with Crippen LogP contribution in [0.15, 0.2) is 36.4 Å². The summed E-state index contributed by atoms with van der Waals surface area (Å²) in [5, 5.41) is 21.2. The number of aromatic hydroxyl groups is 1. The third-order valence-electron chi connectivity index (χ3n) is 3.41. The van der Waals surface area contributed by atoms with Crippen molar-refractivity contribution in [2.75, 3.05) is 11.4 Å². The molecule has 112 valence electrons. The largest absolute Gasteiger partial charge is 0.508 e. The predicted octanol–water partition coefficient (Wildman–Crippen LogP) is 1.96. The summed E-state index contributed by atoms with van der Waals surface area (Å²) in [4.78, 5) is 24.6. The van der Waals surface area contributed by atoms with Crippen molar-refractivity contribution in [3.8, 4) is 5.75 Å². The molecule has 2 atom stereocenters. The molecule has 0 aliphatic heterocycles. The predicted molar refractivity (Wildman–Crippen MR) is 78.3 cm³/mol. The number of carbonyl (C=O) groups excluding carboxylic acids is 1. The number of rotatable bonds is 4. The first-order chi connectivity index (χ1) is 10.0. The molecule has 2 amide bonds. The number of hydrogen-bond acceptors (Lipinski definition) is 3. The van der Waals surface area contributed by atoms with Crippen LogP contribution in [0, 0.1) is 5.92 Å². The number of benzene rings is 1. The van der Waals surface area contributed by atoms with Crippen LogP contribution in [0.3, 0.4) is 0 Å². The lowest BCUT2D eigenvalue weighted by molar-refractivity contribution is -0.140. The van der Waals surface area contributed by atoms with Gasteiger partial charge in [-0.25, -0.2) is 4.79 Å². The molecule has 0 bridgehead atoms. The fourth-order valence-corrected chi connectivity index (χ4v) is 2.33. The summed E-state index contributed by atoms with van der Waals surface area (Å²) in [6.07, 6.45) is 3.66. The van der Waals surface area contributed by atoms with Gasteiger partial charge in [-0.1, -0.05) is 18.2 Å². The Balaban J connectivity index is 2.02. The number of urea groups is 1. The Kier molecular flexibility index (Phi) is 4.47. The molecule has 2 unspecified atom stereocenters. The van der Waals surface area contributed by atoms with Gasteiger partial charge >= 0.3 is 12.0 Å². The zero-order valence-electron chi connectivity index (χ0n) is 11.7. The molecule has 0 spiro atoms. The van der Waals surface area contributed by atoms with Crippen molar-refractivity contribution in [1.82, 2.24) is 5.32 Å². The van der Waals surface area contributed by atoms with E-state index < -0.39 is 11.9 Å². The maximum absolute atomic E-state index is 12.3. The van der Waals surface area contributed by atoms with Crippen LogP contribution in [0.5, 0.6) is 5.75 Å². The second-order valence-electron chi connectivity index (χ2n) is 4.89. The van der Waals surface area contributed by atoms with Crippen molar-refractivity contribution in [2.24, 2.45) is 5.92 Å². The molecule has 3 N–H and O–H groups in total. The van der Waals surface area contributed by atoms with E-state index in [1.54, 1.807) is 24.3 Å². The van der Waals surface area contributed by atoms with Crippen molar-refractivity contribution in [1.29, 1.82) is 0 Å². The van der Waals surface area contributed by atoms with E-state index in [4.69, 9.17) is 5.11 Å².